The molecule has 0 aliphatic carbocycles. The highest BCUT2D eigenvalue weighted by atomic mass is 32.2. The quantitative estimate of drug-likeness (QED) is 0.367. The fraction of sp³-hybridized carbons (Fsp3) is 0.240. The average molecular weight is 454 g/mol. The van der Waals surface area contributed by atoms with Crippen LogP contribution in [0.4, 0.5) is 0 Å². The zero-order valence-corrected chi connectivity index (χ0v) is 18.7. The minimum absolute atomic E-state index is 0.0641. The van der Waals surface area contributed by atoms with Crippen LogP contribution in [0.2, 0.25) is 0 Å². The molecule has 3 rings (SSSR count). The topological polar surface area (TPSA) is 95.7 Å². The molecule has 0 aliphatic rings. The molecule has 168 valence electrons. The molecule has 0 spiro atoms. The first kappa shape index (κ1) is 23.5. The molecule has 0 saturated heterocycles. The van der Waals surface area contributed by atoms with E-state index in [0.717, 1.165) is 5.56 Å². The first-order valence-electron chi connectivity index (χ1n) is 10.4. The highest BCUT2D eigenvalue weighted by Crippen LogP contribution is 2.29. The molecule has 0 aliphatic heterocycles. The van der Waals surface area contributed by atoms with Crippen LogP contribution in [0.1, 0.15) is 30.4 Å². The van der Waals surface area contributed by atoms with E-state index in [1.54, 1.807) is 43.3 Å². The summed E-state index contributed by atoms with van der Waals surface area (Å²) in [7, 11) is -3.98. The van der Waals surface area contributed by atoms with Gasteiger partial charge in [0.25, 0.3) is 0 Å². The Morgan fingerprint density at radius 3 is 2.25 bits per heavy atom. The Balaban J connectivity index is 1.86. The third kappa shape index (κ3) is 6.42. The summed E-state index contributed by atoms with van der Waals surface area (Å²) in [5, 5.41) is 0. The molecule has 0 fully saturated rings. The summed E-state index contributed by atoms with van der Waals surface area (Å²) in [6, 6.07) is 24.0. The van der Waals surface area contributed by atoms with Crippen LogP contribution in [0.15, 0.2) is 89.8 Å². The van der Waals surface area contributed by atoms with Gasteiger partial charge in [0.2, 0.25) is 0 Å². The van der Waals surface area contributed by atoms with E-state index in [-0.39, 0.29) is 41.6 Å². The average Bonchev–Trinajstić information content (AvgIpc) is 2.79. The van der Waals surface area contributed by atoms with Gasteiger partial charge in [-0.1, -0.05) is 60.7 Å². The van der Waals surface area contributed by atoms with Crippen molar-refractivity contribution in [2.75, 3.05) is 6.61 Å². The molecule has 6 nitrogen and oxygen atoms in total. The van der Waals surface area contributed by atoms with E-state index in [1.807, 2.05) is 36.4 Å². The monoisotopic (exact) mass is 453 g/mol. The molecule has 0 heterocycles. The van der Waals surface area contributed by atoms with Gasteiger partial charge in [-0.25, -0.2) is 0 Å². The predicted molar refractivity (Wildman–Crippen MR) is 123 cm³/mol. The van der Waals surface area contributed by atoms with E-state index in [9.17, 15) is 13.2 Å². The molecule has 0 aromatic heterocycles. The summed E-state index contributed by atoms with van der Waals surface area (Å²) >= 11 is 0. The van der Waals surface area contributed by atoms with Gasteiger partial charge in [-0.15, -0.1) is 0 Å². The second kappa shape index (κ2) is 10.9. The molecule has 2 atom stereocenters. The molecule has 2 N–H and O–H groups in total. The lowest BCUT2D eigenvalue weighted by Crippen LogP contribution is -2.32. The number of hydrogen-bond acceptors (Lipinski definition) is 6. The van der Waals surface area contributed by atoms with E-state index in [4.69, 9.17) is 14.7 Å². The molecule has 2 unspecified atom stereocenters. The van der Waals surface area contributed by atoms with Crippen molar-refractivity contribution < 1.29 is 22.1 Å². The number of ether oxygens (including phenoxy) is 1. The number of nitrogens with two attached hydrogens (primary N) is 1. The summed E-state index contributed by atoms with van der Waals surface area (Å²) in [6.07, 6.45) is 0.634. The van der Waals surface area contributed by atoms with Gasteiger partial charge >= 0.3 is 16.1 Å². The Kier molecular flexibility index (Phi) is 8.03. The Hall–Kier alpha value is -3.16. The molecular weight excluding hydrogens is 426 g/mol. The Morgan fingerprint density at radius 2 is 1.59 bits per heavy atom. The molecule has 0 saturated carbocycles. The summed E-state index contributed by atoms with van der Waals surface area (Å²) in [5.74, 6) is -0.575. The van der Waals surface area contributed by atoms with E-state index in [1.165, 1.54) is 12.1 Å². The minimum Gasteiger partial charge on any atom is -0.466 e. The molecule has 0 bridgehead atoms. The van der Waals surface area contributed by atoms with Crippen LogP contribution in [0, 0.1) is 0 Å². The van der Waals surface area contributed by atoms with Gasteiger partial charge < -0.3 is 14.7 Å². The Morgan fingerprint density at radius 1 is 0.938 bits per heavy atom. The summed E-state index contributed by atoms with van der Waals surface area (Å²) in [5.41, 5.74) is 8.29. The van der Waals surface area contributed by atoms with Gasteiger partial charge in [0.1, 0.15) is 10.6 Å². The number of hydrogen-bond donors (Lipinski definition) is 1. The number of rotatable bonds is 10. The van der Waals surface area contributed by atoms with Gasteiger partial charge in [-0.3, -0.25) is 4.79 Å². The summed E-state index contributed by atoms with van der Waals surface area (Å²) in [4.78, 5) is 12.3. The first-order chi connectivity index (χ1) is 15.4. The largest absolute Gasteiger partial charge is 0.466 e. The van der Waals surface area contributed by atoms with Crippen LogP contribution >= 0.6 is 0 Å². The van der Waals surface area contributed by atoms with Crippen molar-refractivity contribution in [2.24, 2.45) is 5.73 Å². The van der Waals surface area contributed by atoms with Gasteiger partial charge in [-0.2, -0.15) is 8.42 Å². The van der Waals surface area contributed by atoms with Gasteiger partial charge in [0.05, 0.1) is 13.0 Å². The van der Waals surface area contributed by atoms with Crippen molar-refractivity contribution >= 4 is 16.1 Å². The van der Waals surface area contributed by atoms with Crippen LogP contribution in [-0.2, 0) is 26.1 Å². The van der Waals surface area contributed by atoms with Crippen LogP contribution in [0.5, 0.6) is 5.75 Å². The Labute approximate surface area is 189 Å². The summed E-state index contributed by atoms with van der Waals surface area (Å²) in [6.45, 7) is 2.03. The van der Waals surface area contributed by atoms with Crippen LogP contribution < -0.4 is 9.92 Å². The van der Waals surface area contributed by atoms with Crippen molar-refractivity contribution in [3.8, 4) is 5.75 Å². The molecule has 0 amide bonds. The maximum absolute atomic E-state index is 12.6. The zero-order valence-electron chi connectivity index (χ0n) is 17.9. The molecule has 32 heavy (non-hydrogen) atoms. The van der Waals surface area contributed by atoms with Crippen LogP contribution in [0.25, 0.3) is 0 Å². The van der Waals surface area contributed by atoms with Gasteiger partial charge in [-0.05, 0) is 48.7 Å². The number of benzene rings is 3. The number of carbonyl (C=O) groups is 1. The summed E-state index contributed by atoms with van der Waals surface area (Å²) < 4.78 is 35.7. The first-order valence-corrected chi connectivity index (χ1v) is 11.8. The standard InChI is InChI=1S/C25H27NO5S/c1-2-30-25(27)18-23(24(26)16-19-10-5-3-6-11-19)20-12-9-13-21(17-20)31-32(28,29)22-14-7-4-8-15-22/h3-15,17,23-24H,2,16,18,26H2,1H3. The third-order valence-corrected chi connectivity index (χ3v) is 6.31. The van der Waals surface area contributed by atoms with Crippen molar-refractivity contribution in [3.05, 3.63) is 96.1 Å². The van der Waals surface area contributed by atoms with Gasteiger partial charge in [0.15, 0.2) is 0 Å². The van der Waals surface area contributed by atoms with E-state index >= 15 is 0 Å². The minimum atomic E-state index is -3.98. The van der Waals surface area contributed by atoms with Gasteiger partial charge in [0, 0.05) is 12.0 Å². The number of carbonyl (C=O) groups excluding carboxylic acids is 1. The molecular formula is C25H27NO5S. The third-order valence-electron chi connectivity index (χ3n) is 5.05. The highest BCUT2D eigenvalue weighted by molar-refractivity contribution is 7.87. The van der Waals surface area contributed by atoms with E-state index in [0.29, 0.717) is 12.0 Å². The zero-order chi connectivity index (χ0) is 23.0. The smallest absolute Gasteiger partial charge is 0.339 e. The van der Waals surface area contributed by atoms with Crippen LogP contribution in [0.3, 0.4) is 0 Å². The molecule has 7 heteroatoms. The van der Waals surface area contributed by atoms with E-state index < -0.39 is 10.1 Å². The predicted octanol–water partition coefficient (Wildman–Crippen LogP) is 4.06. The second-order valence-electron chi connectivity index (χ2n) is 7.39. The highest BCUT2D eigenvalue weighted by Gasteiger charge is 2.25. The lowest BCUT2D eigenvalue weighted by molar-refractivity contribution is -0.143. The fourth-order valence-corrected chi connectivity index (χ4v) is 4.45. The Bertz CT molecular complexity index is 1120. The SMILES string of the molecule is CCOC(=O)CC(c1cccc(OS(=O)(=O)c2ccccc2)c1)C(N)Cc1ccccc1. The molecule has 0 radical (unpaired) electrons. The number of esters is 1. The molecule has 3 aromatic carbocycles. The lowest BCUT2D eigenvalue weighted by Gasteiger charge is -2.24. The maximum Gasteiger partial charge on any atom is 0.339 e. The normalized spacial score (nSPS) is 13.2. The molecule has 3 aromatic rings. The van der Waals surface area contributed by atoms with E-state index in [2.05, 4.69) is 0 Å². The van der Waals surface area contributed by atoms with Crippen LogP contribution in [-0.4, -0.2) is 27.0 Å². The van der Waals surface area contributed by atoms with Crippen molar-refractivity contribution in [3.63, 3.8) is 0 Å². The van der Waals surface area contributed by atoms with Crippen molar-refractivity contribution in [2.45, 2.75) is 36.6 Å². The fourth-order valence-electron chi connectivity index (χ4n) is 3.50. The maximum atomic E-state index is 12.6. The second-order valence-corrected chi connectivity index (χ2v) is 8.94. The van der Waals surface area contributed by atoms with Crippen molar-refractivity contribution in [1.29, 1.82) is 0 Å². The van der Waals surface area contributed by atoms with Crippen molar-refractivity contribution in [1.82, 2.24) is 0 Å². The lowest BCUT2D eigenvalue weighted by atomic mass is 9.85.